The molecule has 0 amide bonds. The highest BCUT2D eigenvalue weighted by molar-refractivity contribution is 5.66. The summed E-state index contributed by atoms with van der Waals surface area (Å²) in [5, 5.41) is 8.65. The van der Waals surface area contributed by atoms with Crippen LogP contribution in [0.4, 0.5) is 0 Å². The van der Waals surface area contributed by atoms with Crippen LogP contribution < -0.4 is 4.74 Å². The molecule has 2 aromatic rings. The lowest BCUT2D eigenvalue weighted by Crippen LogP contribution is -2.02. The maximum Gasteiger partial charge on any atom is 0.303 e. The molecule has 0 saturated carbocycles. The normalized spacial score (nSPS) is 11.0. The molecule has 0 aliphatic heterocycles. The fourth-order valence-electron chi connectivity index (χ4n) is 3.90. The van der Waals surface area contributed by atoms with E-state index >= 15 is 0 Å². The van der Waals surface area contributed by atoms with Crippen LogP contribution in [0.5, 0.6) is 5.75 Å². The lowest BCUT2D eigenvalue weighted by atomic mass is 10.0. The van der Waals surface area contributed by atoms with Crippen molar-refractivity contribution in [1.82, 2.24) is 9.97 Å². The van der Waals surface area contributed by atoms with Gasteiger partial charge in [-0.1, -0.05) is 76.1 Å². The Bertz CT molecular complexity index is 793. The van der Waals surface area contributed by atoms with Gasteiger partial charge in [0.1, 0.15) is 0 Å². The van der Waals surface area contributed by atoms with E-state index in [4.69, 9.17) is 14.6 Å². The smallest absolute Gasteiger partial charge is 0.303 e. The first kappa shape index (κ1) is 28.8. The number of aromatic nitrogens is 2. The first-order valence-electron chi connectivity index (χ1n) is 13.5. The number of carboxylic acid groups (broad SMARTS) is 1. The second-order valence-electron chi connectivity index (χ2n) is 9.18. The summed E-state index contributed by atoms with van der Waals surface area (Å²) in [5.74, 6) is 0.721. The van der Waals surface area contributed by atoms with Gasteiger partial charge in [-0.15, -0.1) is 0 Å². The average Bonchev–Trinajstić information content (AvgIpc) is 2.87. The molecule has 1 heterocycles. The number of rotatable bonds is 21. The summed E-state index contributed by atoms with van der Waals surface area (Å²) in [6.07, 6.45) is 18.2. The number of aryl methyl sites for hydroxylation is 1. The second kappa shape index (κ2) is 18.8. The molecule has 0 spiro atoms. The second-order valence-corrected chi connectivity index (χ2v) is 9.18. The van der Waals surface area contributed by atoms with Gasteiger partial charge in [0, 0.05) is 25.2 Å². The number of carboxylic acids is 1. The van der Waals surface area contributed by atoms with Crippen LogP contribution in [0, 0.1) is 0 Å². The van der Waals surface area contributed by atoms with Gasteiger partial charge in [-0.25, -0.2) is 9.97 Å². The van der Waals surface area contributed by atoms with Gasteiger partial charge in [0.15, 0.2) is 11.6 Å². The standard InChI is InChI=1S/C29H44N2O4/c1-2-3-4-11-20-34-21-12-13-22-35-27-23-30-29(31-24-27)26-18-16-25(17-19-26)14-9-7-5-6-8-10-15-28(32)33/h16-19,23-24H,2-15,20-22H2,1H3,(H,32,33). The Morgan fingerprint density at radius 3 is 2.06 bits per heavy atom. The van der Waals surface area contributed by atoms with Gasteiger partial charge in [-0.05, 0) is 44.1 Å². The summed E-state index contributed by atoms with van der Waals surface area (Å²) in [6.45, 7) is 4.54. The van der Waals surface area contributed by atoms with Crippen LogP contribution in [0.15, 0.2) is 36.7 Å². The molecule has 0 bridgehead atoms. The molecule has 35 heavy (non-hydrogen) atoms. The number of benzene rings is 1. The van der Waals surface area contributed by atoms with E-state index < -0.39 is 5.97 Å². The minimum atomic E-state index is -0.691. The van der Waals surface area contributed by atoms with E-state index in [1.165, 1.54) is 37.7 Å². The molecule has 0 aliphatic carbocycles. The van der Waals surface area contributed by atoms with Gasteiger partial charge in [-0.2, -0.15) is 0 Å². The van der Waals surface area contributed by atoms with E-state index in [0.29, 0.717) is 24.6 Å². The first-order chi connectivity index (χ1) is 17.2. The van der Waals surface area contributed by atoms with Crippen molar-refractivity contribution in [3.05, 3.63) is 42.2 Å². The lowest BCUT2D eigenvalue weighted by Gasteiger charge is -2.07. The molecular weight excluding hydrogens is 440 g/mol. The number of unbranched alkanes of at least 4 members (excludes halogenated alkanes) is 9. The van der Waals surface area contributed by atoms with Gasteiger partial charge >= 0.3 is 5.97 Å². The molecule has 1 aromatic heterocycles. The summed E-state index contributed by atoms with van der Waals surface area (Å²) in [4.78, 5) is 19.4. The summed E-state index contributed by atoms with van der Waals surface area (Å²) in [5.41, 5.74) is 2.33. The molecule has 0 unspecified atom stereocenters. The highest BCUT2D eigenvalue weighted by Gasteiger charge is 2.03. The third-order valence-electron chi connectivity index (χ3n) is 6.04. The number of carbonyl (C=O) groups is 1. The van der Waals surface area contributed by atoms with E-state index in [1.54, 1.807) is 12.4 Å². The average molecular weight is 485 g/mol. The predicted molar refractivity (Wildman–Crippen MR) is 141 cm³/mol. The largest absolute Gasteiger partial charge is 0.490 e. The number of aliphatic carboxylic acids is 1. The SMILES string of the molecule is CCCCCCOCCCCOc1cnc(-c2ccc(CCCCCCCCC(=O)O)cc2)nc1. The topological polar surface area (TPSA) is 81.5 Å². The Hall–Kier alpha value is -2.47. The van der Waals surface area contributed by atoms with Crippen LogP contribution in [0.25, 0.3) is 11.4 Å². The van der Waals surface area contributed by atoms with E-state index in [-0.39, 0.29) is 0 Å². The molecule has 1 N–H and O–H groups in total. The third kappa shape index (κ3) is 13.9. The minimum Gasteiger partial charge on any atom is -0.490 e. The zero-order chi connectivity index (χ0) is 25.0. The quantitative estimate of drug-likeness (QED) is 0.188. The van der Waals surface area contributed by atoms with Crippen molar-refractivity contribution < 1.29 is 19.4 Å². The molecule has 1 aromatic carbocycles. The van der Waals surface area contributed by atoms with Crippen molar-refractivity contribution in [2.24, 2.45) is 0 Å². The van der Waals surface area contributed by atoms with Crippen molar-refractivity contribution in [2.45, 2.75) is 96.8 Å². The number of nitrogens with zero attached hydrogens (tertiary/aromatic N) is 2. The molecule has 6 heteroatoms. The Morgan fingerprint density at radius 2 is 1.37 bits per heavy atom. The molecule has 0 saturated heterocycles. The molecule has 2 rings (SSSR count). The van der Waals surface area contributed by atoms with Gasteiger partial charge in [0.05, 0.1) is 19.0 Å². The van der Waals surface area contributed by atoms with Crippen LogP contribution >= 0.6 is 0 Å². The third-order valence-corrected chi connectivity index (χ3v) is 6.04. The highest BCUT2D eigenvalue weighted by Crippen LogP contribution is 2.19. The van der Waals surface area contributed by atoms with Crippen LogP contribution in [0.2, 0.25) is 0 Å². The first-order valence-corrected chi connectivity index (χ1v) is 13.5. The summed E-state index contributed by atoms with van der Waals surface area (Å²) in [7, 11) is 0. The molecule has 0 radical (unpaired) electrons. The number of hydrogen-bond acceptors (Lipinski definition) is 5. The molecule has 194 valence electrons. The number of ether oxygens (including phenoxy) is 2. The van der Waals surface area contributed by atoms with Crippen molar-refractivity contribution in [2.75, 3.05) is 19.8 Å². The Kier molecular flexibility index (Phi) is 15.5. The van der Waals surface area contributed by atoms with Crippen LogP contribution in [0.3, 0.4) is 0 Å². The van der Waals surface area contributed by atoms with Crippen LogP contribution in [-0.2, 0) is 16.0 Å². The Labute approximate surface area is 211 Å². The van der Waals surface area contributed by atoms with Crippen molar-refractivity contribution >= 4 is 5.97 Å². The minimum absolute atomic E-state index is 0.293. The Balaban J connectivity index is 1.56. The van der Waals surface area contributed by atoms with Crippen LogP contribution in [-0.4, -0.2) is 40.9 Å². The summed E-state index contributed by atoms with van der Waals surface area (Å²) < 4.78 is 11.4. The van der Waals surface area contributed by atoms with Gasteiger partial charge in [0.2, 0.25) is 0 Å². The van der Waals surface area contributed by atoms with Gasteiger partial charge in [-0.3, -0.25) is 4.79 Å². The fraction of sp³-hybridized carbons (Fsp3) is 0.621. The maximum atomic E-state index is 10.5. The van der Waals surface area contributed by atoms with E-state index in [2.05, 4.69) is 41.2 Å². The van der Waals surface area contributed by atoms with Gasteiger partial charge < -0.3 is 14.6 Å². The van der Waals surface area contributed by atoms with Crippen LogP contribution in [0.1, 0.15) is 96.0 Å². The van der Waals surface area contributed by atoms with E-state index in [9.17, 15) is 4.79 Å². The maximum absolute atomic E-state index is 10.5. The molecule has 6 nitrogen and oxygen atoms in total. The van der Waals surface area contributed by atoms with Crippen molar-refractivity contribution in [3.63, 3.8) is 0 Å². The highest BCUT2D eigenvalue weighted by atomic mass is 16.5. The molecule has 0 fully saturated rings. The Morgan fingerprint density at radius 1 is 0.771 bits per heavy atom. The zero-order valence-electron chi connectivity index (χ0n) is 21.6. The van der Waals surface area contributed by atoms with Crippen molar-refractivity contribution in [3.8, 4) is 17.1 Å². The van der Waals surface area contributed by atoms with Gasteiger partial charge in [0.25, 0.3) is 0 Å². The molecule has 0 aliphatic rings. The summed E-state index contributed by atoms with van der Waals surface area (Å²) >= 11 is 0. The predicted octanol–water partition coefficient (Wildman–Crippen LogP) is 7.26. The molecular formula is C29H44N2O4. The van der Waals surface area contributed by atoms with E-state index in [1.807, 2.05) is 0 Å². The summed E-state index contributed by atoms with van der Waals surface area (Å²) in [6, 6.07) is 8.47. The fourth-order valence-corrected chi connectivity index (χ4v) is 3.90. The number of hydrogen-bond donors (Lipinski definition) is 1. The monoisotopic (exact) mass is 484 g/mol. The lowest BCUT2D eigenvalue weighted by molar-refractivity contribution is -0.137. The van der Waals surface area contributed by atoms with Crippen molar-refractivity contribution in [1.29, 1.82) is 0 Å². The van der Waals surface area contributed by atoms with E-state index in [0.717, 1.165) is 70.1 Å². The zero-order valence-corrected chi connectivity index (χ0v) is 21.6. The molecule has 0 atom stereocenters.